The minimum Gasteiger partial charge on any atom is -0.326 e. The van der Waals surface area contributed by atoms with E-state index in [0.29, 0.717) is 29.9 Å². The Kier molecular flexibility index (Phi) is 6.35. The largest absolute Gasteiger partial charge is 0.326 e. The van der Waals surface area contributed by atoms with Gasteiger partial charge in [-0.3, -0.25) is 14.9 Å². The Morgan fingerprint density at radius 2 is 1.92 bits per heavy atom. The molecule has 0 bridgehead atoms. The van der Waals surface area contributed by atoms with Gasteiger partial charge in [-0.05, 0) is 43.3 Å². The fraction of sp³-hybridized carbons (Fsp3) is 0.278. The molecule has 0 aliphatic carbocycles. The molecule has 2 aromatic rings. The fourth-order valence-electron chi connectivity index (χ4n) is 2.44. The number of nitrogens with zero attached hydrogens (tertiary/aromatic N) is 2. The monoisotopic (exact) mass is 363 g/mol. The highest BCUT2D eigenvalue weighted by atomic mass is 19.2. The van der Waals surface area contributed by atoms with E-state index in [1.165, 1.54) is 24.3 Å². The van der Waals surface area contributed by atoms with Crippen molar-refractivity contribution in [3.8, 4) is 0 Å². The van der Waals surface area contributed by atoms with Gasteiger partial charge in [-0.15, -0.1) is 0 Å². The van der Waals surface area contributed by atoms with Crippen molar-refractivity contribution in [2.45, 2.75) is 19.9 Å². The van der Waals surface area contributed by atoms with E-state index in [2.05, 4.69) is 5.32 Å². The van der Waals surface area contributed by atoms with Crippen LogP contribution in [0.3, 0.4) is 0 Å². The Labute approximate surface area is 149 Å². The molecule has 26 heavy (non-hydrogen) atoms. The number of halogens is 2. The minimum atomic E-state index is -0.901. The summed E-state index contributed by atoms with van der Waals surface area (Å²) in [7, 11) is 1.77. The van der Waals surface area contributed by atoms with Gasteiger partial charge in [0.05, 0.1) is 4.92 Å². The molecule has 0 aromatic heterocycles. The Hall–Kier alpha value is -2.87. The number of benzene rings is 2. The highest BCUT2D eigenvalue weighted by Crippen LogP contribution is 2.21. The molecule has 0 radical (unpaired) electrons. The first-order valence-electron chi connectivity index (χ1n) is 7.93. The standard InChI is InChI=1S/C18H19F2N3O3/c1-12-9-14(23(25)26)4-6-17(12)21-18(24)7-8-22(2)11-13-3-5-15(19)16(20)10-13/h3-6,9-10H,7-8,11H2,1-2H3,(H,21,24). The molecule has 0 saturated carbocycles. The second-order valence-corrected chi connectivity index (χ2v) is 6.04. The molecule has 1 amide bonds. The summed E-state index contributed by atoms with van der Waals surface area (Å²) in [6.07, 6.45) is 0.191. The molecule has 0 aliphatic rings. The first kappa shape index (κ1) is 19.5. The van der Waals surface area contributed by atoms with Crippen molar-refractivity contribution in [3.05, 3.63) is 69.3 Å². The van der Waals surface area contributed by atoms with Crippen LogP contribution >= 0.6 is 0 Å². The van der Waals surface area contributed by atoms with Crippen molar-refractivity contribution in [2.24, 2.45) is 0 Å². The maximum atomic E-state index is 13.2. The number of nitro groups is 1. The SMILES string of the molecule is Cc1cc([N+](=O)[O-])ccc1NC(=O)CCN(C)Cc1ccc(F)c(F)c1. The van der Waals surface area contributed by atoms with Crippen LogP contribution in [0.1, 0.15) is 17.5 Å². The van der Waals surface area contributed by atoms with Crippen molar-refractivity contribution in [1.82, 2.24) is 4.90 Å². The van der Waals surface area contributed by atoms with Crippen LogP contribution in [0.5, 0.6) is 0 Å². The molecule has 0 spiro atoms. The maximum absolute atomic E-state index is 13.2. The first-order valence-corrected chi connectivity index (χ1v) is 7.93. The first-order chi connectivity index (χ1) is 12.3. The molecule has 138 valence electrons. The Bertz CT molecular complexity index is 827. The third-order valence-electron chi connectivity index (χ3n) is 3.85. The minimum absolute atomic E-state index is 0.0354. The number of hydrogen-bond donors (Lipinski definition) is 1. The number of hydrogen-bond acceptors (Lipinski definition) is 4. The molecule has 2 aromatic carbocycles. The van der Waals surface area contributed by atoms with Gasteiger partial charge in [-0.25, -0.2) is 8.78 Å². The van der Waals surface area contributed by atoms with E-state index in [0.717, 1.165) is 12.1 Å². The van der Waals surface area contributed by atoms with Gasteiger partial charge in [0, 0.05) is 37.3 Å². The summed E-state index contributed by atoms with van der Waals surface area (Å²) in [5, 5.41) is 13.4. The van der Waals surface area contributed by atoms with Crippen LogP contribution in [0.25, 0.3) is 0 Å². The van der Waals surface area contributed by atoms with Gasteiger partial charge in [-0.1, -0.05) is 6.07 Å². The second-order valence-electron chi connectivity index (χ2n) is 6.04. The van der Waals surface area contributed by atoms with Crippen LogP contribution in [-0.2, 0) is 11.3 Å². The van der Waals surface area contributed by atoms with Crippen molar-refractivity contribution >= 4 is 17.3 Å². The summed E-state index contributed by atoms with van der Waals surface area (Å²) in [5.41, 5.74) is 1.69. The van der Waals surface area contributed by atoms with Gasteiger partial charge >= 0.3 is 0 Å². The molecule has 2 rings (SSSR count). The molecular weight excluding hydrogens is 344 g/mol. The number of anilines is 1. The van der Waals surface area contributed by atoms with Gasteiger partial charge in [0.2, 0.25) is 5.91 Å². The molecule has 0 aliphatic heterocycles. The van der Waals surface area contributed by atoms with Crippen molar-refractivity contribution in [2.75, 3.05) is 18.9 Å². The van der Waals surface area contributed by atoms with Crippen LogP contribution in [0, 0.1) is 28.7 Å². The van der Waals surface area contributed by atoms with Crippen molar-refractivity contribution in [1.29, 1.82) is 0 Å². The third-order valence-corrected chi connectivity index (χ3v) is 3.85. The number of carbonyl (C=O) groups is 1. The number of nitro benzene ring substituents is 1. The average Bonchev–Trinajstić information content (AvgIpc) is 2.58. The number of carbonyl (C=O) groups excluding carboxylic acids is 1. The highest BCUT2D eigenvalue weighted by Gasteiger charge is 2.11. The molecule has 0 saturated heterocycles. The number of aryl methyl sites for hydroxylation is 1. The Morgan fingerprint density at radius 1 is 1.19 bits per heavy atom. The van der Waals surface area contributed by atoms with Crippen LogP contribution in [-0.4, -0.2) is 29.3 Å². The number of rotatable bonds is 7. The third kappa shape index (κ3) is 5.32. The normalized spacial score (nSPS) is 10.8. The predicted octanol–water partition coefficient (Wildman–Crippen LogP) is 3.64. The van der Waals surface area contributed by atoms with Crippen LogP contribution in [0.15, 0.2) is 36.4 Å². The molecule has 0 unspecified atom stereocenters. The molecule has 8 heteroatoms. The van der Waals surface area contributed by atoms with Gasteiger partial charge in [0.25, 0.3) is 5.69 Å². The lowest BCUT2D eigenvalue weighted by molar-refractivity contribution is -0.384. The molecule has 0 fully saturated rings. The predicted molar refractivity (Wildman–Crippen MR) is 93.8 cm³/mol. The van der Waals surface area contributed by atoms with E-state index < -0.39 is 16.6 Å². The average molecular weight is 363 g/mol. The smallest absolute Gasteiger partial charge is 0.269 e. The lowest BCUT2D eigenvalue weighted by Gasteiger charge is -2.17. The van der Waals surface area contributed by atoms with E-state index in [-0.39, 0.29) is 18.0 Å². The van der Waals surface area contributed by atoms with Gasteiger partial charge < -0.3 is 10.2 Å². The summed E-state index contributed by atoms with van der Waals surface area (Å²) in [6.45, 7) is 2.47. The molecule has 6 nitrogen and oxygen atoms in total. The summed E-state index contributed by atoms with van der Waals surface area (Å²) in [6, 6.07) is 7.92. The van der Waals surface area contributed by atoms with Crippen molar-refractivity contribution in [3.63, 3.8) is 0 Å². The van der Waals surface area contributed by atoms with Gasteiger partial charge in [-0.2, -0.15) is 0 Å². The lowest BCUT2D eigenvalue weighted by atomic mass is 10.1. The summed E-state index contributed by atoms with van der Waals surface area (Å²) >= 11 is 0. The zero-order chi connectivity index (χ0) is 19.3. The van der Waals surface area contributed by atoms with Crippen molar-refractivity contribution < 1.29 is 18.5 Å². The zero-order valence-corrected chi connectivity index (χ0v) is 14.5. The maximum Gasteiger partial charge on any atom is 0.269 e. The summed E-state index contributed by atoms with van der Waals surface area (Å²) < 4.78 is 26.1. The second kappa shape index (κ2) is 8.48. The van der Waals surface area contributed by atoms with Crippen LogP contribution < -0.4 is 5.32 Å². The number of amides is 1. The Morgan fingerprint density at radius 3 is 2.54 bits per heavy atom. The zero-order valence-electron chi connectivity index (χ0n) is 14.5. The summed E-state index contributed by atoms with van der Waals surface area (Å²) in [4.78, 5) is 24.1. The molecule has 1 N–H and O–H groups in total. The topological polar surface area (TPSA) is 75.5 Å². The van der Waals surface area contributed by atoms with Crippen LogP contribution in [0.2, 0.25) is 0 Å². The Balaban J connectivity index is 1.86. The van der Waals surface area contributed by atoms with Gasteiger partial charge in [0.1, 0.15) is 0 Å². The lowest BCUT2D eigenvalue weighted by Crippen LogP contribution is -2.24. The number of non-ortho nitro benzene ring substituents is 1. The molecular formula is C18H19F2N3O3. The molecule has 0 atom stereocenters. The van der Waals surface area contributed by atoms with E-state index in [1.54, 1.807) is 14.0 Å². The van der Waals surface area contributed by atoms with Crippen LogP contribution in [0.4, 0.5) is 20.2 Å². The highest BCUT2D eigenvalue weighted by molar-refractivity contribution is 5.91. The van der Waals surface area contributed by atoms with E-state index in [1.807, 2.05) is 4.90 Å². The van der Waals surface area contributed by atoms with E-state index in [4.69, 9.17) is 0 Å². The fourth-order valence-corrected chi connectivity index (χ4v) is 2.44. The molecule has 0 heterocycles. The van der Waals surface area contributed by atoms with E-state index >= 15 is 0 Å². The quantitative estimate of drug-likeness (QED) is 0.602. The number of nitrogens with one attached hydrogen (secondary N) is 1. The van der Waals surface area contributed by atoms with Gasteiger partial charge in [0.15, 0.2) is 11.6 Å². The summed E-state index contributed by atoms with van der Waals surface area (Å²) in [5.74, 6) is -2.03. The van der Waals surface area contributed by atoms with E-state index in [9.17, 15) is 23.7 Å².